The van der Waals surface area contributed by atoms with E-state index in [0.717, 1.165) is 13.1 Å². The van der Waals surface area contributed by atoms with Crippen LogP contribution in [0.3, 0.4) is 0 Å². The van der Waals surface area contributed by atoms with Gasteiger partial charge in [-0.05, 0) is 33.1 Å². The summed E-state index contributed by atoms with van der Waals surface area (Å²) in [6, 6.07) is 0.0878. The van der Waals surface area contributed by atoms with Crippen LogP contribution in [0.2, 0.25) is 0 Å². The molecule has 0 bridgehead atoms. The SMILES string of the molecule is C/C(=N\O)[C@@H](C)NCC(C)(C)CN[C@H](C)/C(C)=N/O.[SnH2]. The summed E-state index contributed by atoms with van der Waals surface area (Å²) in [5.74, 6) is 0. The van der Waals surface area contributed by atoms with Crippen LogP contribution in [0.15, 0.2) is 10.3 Å². The Bertz CT molecular complexity index is 302. The van der Waals surface area contributed by atoms with Crippen LogP contribution >= 0.6 is 0 Å². The minimum absolute atomic E-state index is 0. The van der Waals surface area contributed by atoms with Crippen LogP contribution in [0, 0.1) is 5.41 Å². The molecule has 4 N–H and O–H groups in total. The molecule has 0 aliphatic rings. The standard InChI is InChI=1S/C13H28N4O2.Sn.2H/c1-9(11(3)16-18)14-7-13(5,6)8-15-10(2)12(4)17-19;;;/h9-10,14-15,18-19H,7-8H2,1-6H3;;;/b16-11+,17-12+;;;/t9-,10-;;;/m1.../s1. The van der Waals surface area contributed by atoms with Gasteiger partial charge in [-0.2, -0.15) is 0 Å². The van der Waals surface area contributed by atoms with Crippen LogP contribution in [-0.4, -0.2) is 70.9 Å². The number of rotatable bonds is 8. The van der Waals surface area contributed by atoms with Gasteiger partial charge in [0.25, 0.3) is 0 Å². The number of hydrogen-bond donors (Lipinski definition) is 4. The van der Waals surface area contributed by atoms with E-state index in [0.29, 0.717) is 11.4 Å². The number of oxime groups is 2. The van der Waals surface area contributed by atoms with Crippen LogP contribution in [0.5, 0.6) is 0 Å². The Balaban J connectivity index is 0. The van der Waals surface area contributed by atoms with E-state index in [-0.39, 0.29) is 41.4 Å². The molecule has 0 aromatic rings. The summed E-state index contributed by atoms with van der Waals surface area (Å²) in [6.45, 7) is 13.4. The fourth-order valence-electron chi connectivity index (χ4n) is 1.39. The average molecular weight is 393 g/mol. The zero-order valence-corrected chi connectivity index (χ0v) is 17.6. The van der Waals surface area contributed by atoms with Crippen molar-refractivity contribution in [2.75, 3.05) is 13.1 Å². The van der Waals surface area contributed by atoms with Crippen molar-refractivity contribution in [1.29, 1.82) is 0 Å². The third-order valence-electron chi connectivity index (χ3n) is 3.34. The molecule has 2 radical (unpaired) electrons. The molecule has 118 valence electrons. The van der Waals surface area contributed by atoms with Gasteiger partial charge in [-0.25, -0.2) is 0 Å². The van der Waals surface area contributed by atoms with Gasteiger partial charge >= 0.3 is 23.9 Å². The summed E-state index contributed by atoms with van der Waals surface area (Å²) in [5.41, 5.74) is 1.37. The Hall–Kier alpha value is -0.341. The van der Waals surface area contributed by atoms with Crippen molar-refractivity contribution in [3.8, 4) is 0 Å². The molecule has 0 aliphatic carbocycles. The monoisotopic (exact) mass is 394 g/mol. The molecule has 2 atom stereocenters. The van der Waals surface area contributed by atoms with Gasteiger partial charge in [0.15, 0.2) is 0 Å². The van der Waals surface area contributed by atoms with Crippen LogP contribution in [-0.2, 0) is 0 Å². The van der Waals surface area contributed by atoms with Crippen molar-refractivity contribution in [1.82, 2.24) is 10.6 Å². The molecule has 0 rings (SSSR count). The quantitative estimate of drug-likeness (QED) is 0.212. The van der Waals surface area contributed by atoms with Gasteiger partial charge in [-0.15, -0.1) is 0 Å². The number of nitrogens with one attached hydrogen (secondary N) is 2. The summed E-state index contributed by atoms with van der Waals surface area (Å²) >= 11 is 0. The van der Waals surface area contributed by atoms with E-state index in [2.05, 4.69) is 34.8 Å². The predicted molar refractivity (Wildman–Crippen MR) is 87.0 cm³/mol. The molecule has 0 aromatic carbocycles. The summed E-state index contributed by atoms with van der Waals surface area (Å²) in [4.78, 5) is 0. The van der Waals surface area contributed by atoms with Crippen molar-refractivity contribution in [2.45, 2.75) is 53.6 Å². The molecule has 0 amide bonds. The normalized spacial score (nSPS) is 16.5. The molecule has 0 aromatic heterocycles. The molecule has 0 spiro atoms. The van der Waals surface area contributed by atoms with Crippen molar-refractivity contribution >= 4 is 35.3 Å². The van der Waals surface area contributed by atoms with Crippen LogP contribution in [0.25, 0.3) is 0 Å². The summed E-state index contributed by atoms with van der Waals surface area (Å²) in [6.07, 6.45) is 0. The molecule has 6 nitrogen and oxygen atoms in total. The molecular formula is C13H30N4O2Sn. The molecule has 0 aliphatic heterocycles. The van der Waals surface area contributed by atoms with Crippen LogP contribution in [0.4, 0.5) is 0 Å². The Morgan fingerprint density at radius 1 is 0.950 bits per heavy atom. The van der Waals surface area contributed by atoms with E-state index in [4.69, 9.17) is 10.4 Å². The topological polar surface area (TPSA) is 89.2 Å². The van der Waals surface area contributed by atoms with Crippen LogP contribution < -0.4 is 10.6 Å². The van der Waals surface area contributed by atoms with Crippen molar-refractivity contribution in [3.63, 3.8) is 0 Å². The van der Waals surface area contributed by atoms with Gasteiger partial charge in [0, 0.05) is 25.2 Å². The summed E-state index contributed by atoms with van der Waals surface area (Å²) in [5, 5.41) is 30.4. The fourth-order valence-corrected chi connectivity index (χ4v) is 1.39. The van der Waals surface area contributed by atoms with Gasteiger partial charge < -0.3 is 21.0 Å². The first kappa shape index (κ1) is 21.9. The maximum atomic E-state index is 8.70. The average Bonchev–Trinajstić information content (AvgIpc) is 2.40. The van der Waals surface area contributed by atoms with E-state index >= 15 is 0 Å². The third kappa shape index (κ3) is 8.76. The fraction of sp³-hybridized carbons (Fsp3) is 0.846. The van der Waals surface area contributed by atoms with E-state index in [1.807, 2.05) is 13.8 Å². The van der Waals surface area contributed by atoms with Crippen molar-refractivity contribution in [3.05, 3.63) is 0 Å². The molecule has 20 heavy (non-hydrogen) atoms. The van der Waals surface area contributed by atoms with Gasteiger partial charge in [0.05, 0.1) is 11.4 Å². The first-order valence-corrected chi connectivity index (χ1v) is 6.57. The van der Waals surface area contributed by atoms with E-state index in [1.54, 1.807) is 13.8 Å². The Morgan fingerprint density at radius 3 is 1.50 bits per heavy atom. The number of hydrogen-bond acceptors (Lipinski definition) is 6. The second-order valence-corrected chi connectivity index (χ2v) is 5.85. The van der Waals surface area contributed by atoms with Gasteiger partial charge in [-0.1, -0.05) is 24.2 Å². The van der Waals surface area contributed by atoms with Crippen LogP contribution in [0.1, 0.15) is 41.5 Å². The van der Waals surface area contributed by atoms with E-state index in [9.17, 15) is 0 Å². The first-order chi connectivity index (χ1) is 8.73. The third-order valence-corrected chi connectivity index (χ3v) is 3.34. The second kappa shape index (κ2) is 10.4. The molecule has 0 fully saturated rings. The molecular weight excluding hydrogens is 363 g/mol. The second-order valence-electron chi connectivity index (χ2n) is 5.85. The minimum atomic E-state index is 0. The zero-order chi connectivity index (χ0) is 15.1. The molecule has 0 saturated carbocycles. The van der Waals surface area contributed by atoms with E-state index in [1.165, 1.54) is 0 Å². The summed E-state index contributed by atoms with van der Waals surface area (Å²) < 4.78 is 0. The summed E-state index contributed by atoms with van der Waals surface area (Å²) in [7, 11) is 0. The molecule has 0 heterocycles. The van der Waals surface area contributed by atoms with Gasteiger partial charge in [-0.3, -0.25) is 0 Å². The molecule has 7 heteroatoms. The first-order valence-electron chi connectivity index (χ1n) is 6.57. The van der Waals surface area contributed by atoms with Crippen molar-refractivity contribution < 1.29 is 10.4 Å². The Labute approximate surface area is 139 Å². The van der Waals surface area contributed by atoms with Crippen molar-refractivity contribution in [2.24, 2.45) is 15.7 Å². The maximum absolute atomic E-state index is 8.70. The Morgan fingerprint density at radius 2 is 1.25 bits per heavy atom. The van der Waals surface area contributed by atoms with E-state index < -0.39 is 0 Å². The van der Waals surface area contributed by atoms with Gasteiger partial charge in [0.1, 0.15) is 0 Å². The predicted octanol–water partition coefficient (Wildman–Crippen LogP) is 0.753. The number of nitrogens with zero attached hydrogens (tertiary/aromatic N) is 2. The molecule has 0 unspecified atom stereocenters. The Kier molecular flexibility index (Phi) is 11.4. The molecule has 0 saturated heterocycles. The van der Waals surface area contributed by atoms with Gasteiger partial charge in [0.2, 0.25) is 0 Å². The zero-order valence-electron chi connectivity index (χ0n) is 13.6.